The molecule has 2 aliphatic rings. The van der Waals surface area contributed by atoms with Crippen molar-refractivity contribution in [2.45, 2.75) is 18.6 Å². The molecule has 1 fully saturated rings. The molecule has 3 heterocycles. The summed E-state index contributed by atoms with van der Waals surface area (Å²) < 4.78 is 20.8. The minimum atomic E-state index is -1.16. The number of carbonyl (C=O) groups is 1. The maximum atomic E-state index is 14.8. The number of nitrogens with one attached hydrogen (secondary N) is 1. The number of pyridine rings is 1. The summed E-state index contributed by atoms with van der Waals surface area (Å²) in [7, 11) is 0. The number of amidine groups is 1. The average molecular weight is 421 g/mol. The minimum Gasteiger partial charge on any atom is -0.378 e. The molecule has 1 aromatic heterocycles. The highest BCUT2D eigenvalue weighted by atomic mass is 35.5. The molecular formula is C19H18ClFN4O2S. The Kier molecular flexibility index (Phi) is 5.27. The molecule has 0 spiro atoms. The van der Waals surface area contributed by atoms with E-state index in [1.807, 2.05) is 0 Å². The number of fused-ring (bicyclic) bond motifs is 1. The number of rotatable bonds is 3. The fraction of sp³-hybridized carbons (Fsp3) is 0.316. The van der Waals surface area contributed by atoms with Crippen LogP contribution >= 0.6 is 23.4 Å². The number of ether oxygens (including phenoxy) is 1. The lowest BCUT2D eigenvalue weighted by Crippen LogP contribution is -2.46. The molecule has 6 nitrogen and oxygen atoms in total. The van der Waals surface area contributed by atoms with E-state index in [1.54, 1.807) is 12.1 Å². The Hall–Kier alpha value is -2.16. The molecule has 9 heteroatoms. The monoisotopic (exact) mass is 420 g/mol. The molecule has 1 saturated heterocycles. The lowest BCUT2D eigenvalue weighted by molar-refractivity contribution is -0.115. The van der Waals surface area contributed by atoms with Gasteiger partial charge in [0.2, 0.25) is 0 Å². The number of amides is 1. The van der Waals surface area contributed by atoms with E-state index in [0.29, 0.717) is 28.2 Å². The Balaban J connectivity index is 1.68. The van der Waals surface area contributed by atoms with E-state index in [2.05, 4.69) is 15.3 Å². The summed E-state index contributed by atoms with van der Waals surface area (Å²) in [5.74, 6) is -0.148. The van der Waals surface area contributed by atoms with Crippen molar-refractivity contribution in [2.24, 2.45) is 16.6 Å². The number of carbonyl (C=O) groups excluding carboxylic acids is 1. The van der Waals surface area contributed by atoms with Gasteiger partial charge in [-0.25, -0.2) is 14.4 Å². The predicted molar refractivity (Wildman–Crippen MR) is 108 cm³/mol. The highest BCUT2D eigenvalue weighted by Gasteiger charge is 2.48. The molecule has 2 aliphatic heterocycles. The predicted octanol–water partition coefficient (Wildman–Crippen LogP) is 3.77. The second kappa shape index (κ2) is 7.69. The Morgan fingerprint density at radius 1 is 1.39 bits per heavy atom. The SMILES string of the molecule is NC1=N[C@@]2(c3cc(NC(=O)c4ccc(Cl)cn4)ccc3F)OCCC[C@H]2CS1. The van der Waals surface area contributed by atoms with E-state index in [9.17, 15) is 9.18 Å². The quantitative estimate of drug-likeness (QED) is 0.788. The molecule has 146 valence electrons. The molecule has 2 aromatic rings. The van der Waals surface area contributed by atoms with Crippen LogP contribution in [0.2, 0.25) is 5.02 Å². The van der Waals surface area contributed by atoms with Crippen molar-refractivity contribution >= 4 is 40.1 Å². The highest BCUT2D eigenvalue weighted by Crippen LogP contribution is 2.47. The largest absolute Gasteiger partial charge is 0.378 e. The molecule has 0 aliphatic carbocycles. The third-order valence-corrected chi connectivity index (χ3v) is 6.03. The van der Waals surface area contributed by atoms with Crippen molar-refractivity contribution in [1.82, 2.24) is 4.98 Å². The van der Waals surface area contributed by atoms with Gasteiger partial charge in [0.05, 0.1) is 5.02 Å². The van der Waals surface area contributed by atoms with E-state index in [1.165, 1.54) is 36.2 Å². The van der Waals surface area contributed by atoms with Gasteiger partial charge < -0.3 is 15.8 Å². The zero-order valence-corrected chi connectivity index (χ0v) is 16.4. The number of benzene rings is 1. The van der Waals surface area contributed by atoms with Crippen LogP contribution in [0.15, 0.2) is 41.5 Å². The van der Waals surface area contributed by atoms with Crippen molar-refractivity contribution in [1.29, 1.82) is 0 Å². The summed E-state index contributed by atoms with van der Waals surface area (Å²) in [5.41, 5.74) is 5.70. The minimum absolute atomic E-state index is 0.0110. The van der Waals surface area contributed by atoms with Gasteiger partial charge in [0.15, 0.2) is 10.9 Å². The van der Waals surface area contributed by atoms with Crippen LogP contribution in [0.4, 0.5) is 10.1 Å². The average Bonchev–Trinajstić information content (AvgIpc) is 2.69. The molecule has 0 saturated carbocycles. The van der Waals surface area contributed by atoms with E-state index in [-0.39, 0.29) is 17.2 Å². The molecule has 0 radical (unpaired) electrons. The van der Waals surface area contributed by atoms with Crippen molar-refractivity contribution in [3.63, 3.8) is 0 Å². The van der Waals surface area contributed by atoms with Gasteiger partial charge in [-0.2, -0.15) is 0 Å². The van der Waals surface area contributed by atoms with Crippen LogP contribution in [0.1, 0.15) is 28.9 Å². The van der Waals surface area contributed by atoms with Gasteiger partial charge in [0.25, 0.3) is 5.91 Å². The van der Waals surface area contributed by atoms with Gasteiger partial charge in [-0.15, -0.1) is 0 Å². The zero-order chi connectivity index (χ0) is 19.7. The maximum Gasteiger partial charge on any atom is 0.274 e. The number of aliphatic imine (C=N–C) groups is 1. The molecule has 2 atom stereocenters. The van der Waals surface area contributed by atoms with Crippen LogP contribution in [0, 0.1) is 11.7 Å². The Morgan fingerprint density at radius 2 is 2.25 bits per heavy atom. The van der Waals surface area contributed by atoms with Gasteiger partial charge in [-0.1, -0.05) is 23.4 Å². The number of aromatic nitrogens is 1. The first-order valence-corrected chi connectivity index (χ1v) is 10.2. The van der Waals surface area contributed by atoms with Crippen LogP contribution in [-0.2, 0) is 10.5 Å². The van der Waals surface area contributed by atoms with E-state index >= 15 is 0 Å². The summed E-state index contributed by atoms with van der Waals surface area (Å²) in [4.78, 5) is 20.9. The summed E-state index contributed by atoms with van der Waals surface area (Å²) in [5, 5.41) is 3.54. The number of nitrogens with zero attached hydrogens (tertiary/aromatic N) is 2. The van der Waals surface area contributed by atoms with E-state index < -0.39 is 17.4 Å². The molecule has 0 bridgehead atoms. The smallest absolute Gasteiger partial charge is 0.274 e. The molecular weight excluding hydrogens is 403 g/mol. The summed E-state index contributed by atoms with van der Waals surface area (Å²) in [6.07, 6.45) is 3.15. The maximum absolute atomic E-state index is 14.8. The van der Waals surface area contributed by atoms with Gasteiger partial charge >= 0.3 is 0 Å². The molecule has 28 heavy (non-hydrogen) atoms. The van der Waals surface area contributed by atoms with Crippen LogP contribution in [0.25, 0.3) is 0 Å². The number of hydrogen-bond acceptors (Lipinski definition) is 6. The molecule has 3 N–H and O–H groups in total. The highest BCUT2D eigenvalue weighted by molar-refractivity contribution is 8.13. The first-order chi connectivity index (χ1) is 13.5. The van der Waals surface area contributed by atoms with E-state index in [4.69, 9.17) is 22.1 Å². The fourth-order valence-corrected chi connectivity index (χ4v) is 4.59. The summed E-state index contributed by atoms with van der Waals surface area (Å²) in [6, 6.07) is 7.46. The normalized spacial score (nSPS) is 24.2. The number of thioether (sulfide) groups is 1. The third-order valence-electron chi connectivity index (χ3n) is 4.85. The van der Waals surface area contributed by atoms with Crippen LogP contribution in [0.3, 0.4) is 0 Å². The number of nitrogens with two attached hydrogens (primary N) is 1. The van der Waals surface area contributed by atoms with E-state index in [0.717, 1.165) is 12.8 Å². The van der Waals surface area contributed by atoms with Gasteiger partial charge in [-0.3, -0.25) is 4.79 Å². The topological polar surface area (TPSA) is 89.6 Å². The standard InChI is InChI=1S/C19H18ClFN4O2S/c20-12-3-6-16(23-9-12)17(26)24-13-4-5-15(21)14(8-13)19-11(2-1-7-27-19)10-28-18(22)25-19/h3-6,8-9,11H,1-2,7,10H2,(H2,22,25)(H,24,26)/t11-,19+/m0/s1. The molecule has 0 unspecified atom stereocenters. The van der Waals surface area contributed by atoms with Crippen LogP contribution < -0.4 is 11.1 Å². The van der Waals surface area contributed by atoms with Crippen molar-refractivity contribution in [2.75, 3.05) is 17.7 Å². The van der Waals surface area contributed by atoms with Gasteiger partial charge in [0.1, 0.15) is 11.5 Å². The Labute approximate surface area is 170 Å². The second-order valence-corrected chi connectivity index (χ2v) is 8.13. The Morgan fingerprint density at radius 3 is 3.04 bits per heavy atom. The van der Waals surface area contributed by atoms with Crippen LogP contribution in [-0.4, -0.2) is 28.4 Å². The fourth-order valence-electron chi connectivity index (χ4n) is 3.51. The van der Waals surface area contributed by atoms with Crippen molar-refractivity contribution in [3.8, 4) is 0 Å². The lowest BCUT2D eigenvalue weighted by atomic mass is 9.84. The van der Waals surface area contributed by atoms with Gasteiger partial charge in [0, 0.05) is 35.7 Å². The third kappa shape index (κ3) is 3.59. The first-order valence-electron chi connectivity index (χ1n) is 8.83. The van der Waals surface area contributed by atoms with Crippen molar-refractivity contribution < 1.29 is 13.9 Å². The number of hydrogen-bond donors (Lipinski definition) is 2. The second-order valence-electron chi connectivity index (χ2n) is 6.66. The Bertz CT molecular complexity index is 940. The molecule has 1 amide bonds. The zero-order valence-electron chi connectivity index (χ0n) is 14.8. The van der Waals surface area contributed by atoms with Gasteiger partial charge in [-0.05, 0) is 43.2 Å². The summed E-state index contributed by atoms with van der Waals surface area (Å²) >= 11 is 7.26. The van der Waals surface area contributed by atoms with Crippen LogP contribution in [0.5, 0.6) is 0 Å². The molecule has 1 aromatic carbocycles. The first kappa shape index (κ1) is 19.2. The number of anilines is 1. The molecule has 4 rings (SSSR count). The van der Waals surface area contributed by atoms with Crippen molar-refractivity contribution in [3.05, 3.63) is 58.6 Å². The lowest BCUT2D eigenvalue weighted by Gasteiger charge is -2.43. The number of halogens is 2. The summed E-state index contributed by atoms with van der Waals surface area (Å²) in [6.45, 7) is 0.475.